The summed E-state index contributed by atoms with van der Waals surface area (Å²) in [7, 11) is 0. The molecule has 0 fully saturated rings. The minimum atomic E-state index is -0.0663. The van der Waals surface area contributed by atoms with E-state index in [2.05, 4.69) is 28.2 Å². The Balaban J connectivity index is 2.20. The molecule has 0 aliphatic carbocycles. The van der Waals surface area contributed by atoms with Gasteiger partial charge in [-0.25, -0.2) is 0 Å². The SMILES string of the molecule is CCCCC(C)NC(=O)c1sc2cc(Br)ccc2c1N. The Bertz CT molecular complexity index is 624. The van der Waals surface area contributed by atoms with Crippen molar-refractivity contribution < 1.29 is 4.79 Å². The number of hydrogen-bond donors (Lipinski definition) is 2. The number of nitrogen functional groups attached to an aromatic ring is 1. The van der Waals surface area contributed by atoms with Crippen LogP contribution in [-0.4, -0.2) is 11.9 Å². The van der Waals surface area contributed by atoms with E-state index in [0.717, 1.165) is 33.8 Å². The van der Waals surface area contributed by atoms with Crippen LogP contribution in [0.4, 0.5) is 5.69 Å². The molecule has 1 aromatic heterocycles. The maximum atomic E-state index is 12.3. The van der Waals surface area contributed by atoms with Crippen molar-refractivity contribution in [3.63, 3.8) is 0 Å². The summed E-state index contributed by atoms with van der Waals surface area (Å²) >= 11 is 4.88. The van der Waals surface area contributed by atoms with Crippen molar-refractivity contribution in [3.05, 3.63) is 27.5 Å². The Kier molecular flexibility index (Phi) is 5.05. The van der Waals surface area contributed by atoms with Gasteiger partial charge in [0.05, 0.1) is 5.69 Å². The van der Waals surface area contributed by atoms with Crippen LogP contribution in [0.15, 0.2) is 22.7 Å². The lowest BCUT2D eigenvalue weighted by atomic mass is 10.1. The first-order valence-electron chi connectivity index (χ1n) is 6.81. The molecule has 2 aromatic rings. The van der Waals surface area contributed by atoms with E-state index >= 15 is 0 Å². The second-order valence-corrected chi connectivity index (χ2v) is 6.97. The third-order valence-corrected chi connectivity index (χ3v) is 4.93. The summed E-state index contributed by atoms with van der Waals surface area (Å²) in [6, 6.07) is 6.06. The predicted molar refractivity (Wildman–Crippen MR) is 90.4 cm³/mol. The van der Waals surface area contributed by atoms with Crippen LogP contribution in [-0.2, 0) is 0 Å². The Morgan fingerprint density at radius 2 is 2.25 bits per heavy atom. The molecule has 0 aliphatic rings. The van der Waals surface area contributed by atoms with Crippen molar-refractivity contribution in [2.24, 2.45) is 0 Å². The molecule has 1 heterocycles. The Morgan fingerprint density at radius 1 is 1.50 bits per heavy atom. The van der Waals surface area contributed by atoms with Gasteiger partial charge in [0.25, 0.3) is 5.91 Å². The third kappa shape index (κ3) is 3.33. The highest BCUT2D eigenvalue weighted by Crippen LogP contribution is 2.35. The summed E-state index contributed by atoms with van der Waals surface area (Å²) in [5.41, 5.74) is 6.68. The molecule has 1 atom stereocenters. The number of nitrogens with two attached hydrogens (primary N) is 1. The van der Waals surface area contributed by atoms with Gasteiger partial charge in [0, 0.05) is 20.6 Å². The zero-order chi connectivity index (χ0) is 14.7. The van der Waals surface area contributed by atoms with Gasteiger partial charge in [-0.15, -0.1) is 11.3 Å². The van der Waals surface area contributed by atoms with Crippen LogP contribution in [0.25, 0.3) is 10.1 Å². The van der Waals surface area contributed by atoms with E-state index in [1.165, 1.54) is 11.3 Å². The van der Waals surface area contributed by atoms with E-state index in [1.54, 1.807) is 0 Å². The molecule has 0 saturated carbocycles. The first-order chi connectivity index (χ1) is 9.52. The van der Waals surface area contributed by atoms with Crippen LogP contribution < -0.4 is 11.1 Å². The van der Waals surface area contributed by atoms with Gasteiger partial charge in [0.1, 0.15) is 4.88 Å². The van der Waals surface area contributed by atoms with Crippen molar-refractivity contribution in [1.29, 1.82) is 0 Å². The lowest BCUT2D eigenvalue weighted by molar-refractivity contribution is 0.0943. The van der Waals surface area contributed by atoms with Crippen LogP contribution in [0.1, 0.15) is 42.8 Å². The molecule has 1 amide bonds. The first-order valence-corrected chi connectivity index (χ1v) is 8.42. The fraction of sp³-hybridized carbons (Fsp3) is 0.400. The molecule has 1 unspecified atom stereocenters. The van der Waals surface area contributed by atoms with Crippen molar-refractivity contribution >= 4 is 48.9 Å². The Morgan fingerprint density at radius 3 is 2.95 bits per heavy atom. The van der Waals surface area contributed by atoms with Crippen molar-refractivity contribution in [2.75, 3.05) is 5.73 Å². The molecular formula is C15H19BrN2OS. The van der Waals surface area contributed by atoms with Gasteiger partial charge < -0.3 is 11.1 Å². The van der Waals surface area contributed by atoms with Gasteiger partial charge in [-0.2, -0.15) is 0 Å². The fourth-order valence-electron chi connectivity index (χ4n) is 2.13. The lowest BCUT2D eigenvalue weighted by Crippen LogP contribution is -2.32. The molecule has 3 nitrogen and oxygen atoms in total. The predicted octanol–water partition coefficient (Wildman–Crippen LogP) is 4.55. The monoisotopic (exact) mass is 354 g/mol. The van der Waals surface area contributed by atoms with E-state index in [9.17, 15) is 4.79 Å². The third-order valence-electron chi connectivity index (χ3n) is 3.26. The fourth-order valence-corrected chi connectivity index (χ4v) is 3.71. The molecule has 0 bridgehead atoms. The molecule has 0 aliphatic heterocycles. The zero-order valence-electron chi connectivity index (χ0n) is 11.7. The van der Waals surface area contributed by atoms with Gasteiger partial charge in [-0.3, -0.25) is 4.79 Å². The minimum absolute atomic E-state index is 0.0663. The molecule has 2 rings (SSSR count). The van der Waals surface area contributed by atoms with Crippen LogP contribution in [0.5, 0.6) is 0 Å². The maximum absolute atomic E-state index is 12.3. The Labute approximate surface area is 131 Å². The number of hydrogen-bond acceptors (Lipinski definition) is 3. The quantitative estimate of drug-likeness (QED) is 0.826. The first kappa shape index (κ1) is 15.3. The van der Waals surface area contributed by atoms with E-state index in [-0.39, 0.29) is 11.9 Å². The van der Waals surface area contributed by atoms with Crippen LogP contribution in [0.3, 0.4) is 0 Å². The molecule has 0 saturated heterocycles. The summed E-state index contributed by atoms with van der Waals surface area (Å²) < 4.78 is 2.03. The van der Waals surface area contributed by atoms with Crippen molar-refractivity contribution in [3.8, 4) is 0 Å². The van der Waals surface area contributed by atoms with Crippen LogP contribution >= 0.6 is 27.3 Å². The van der Waals surface area contributed by atoms with Gasteiger partial charge in [-0.1, -0.05) is 41.8 Å². The summed E-state index contributed by atoms with van der Waals surface area (Å²) in [5.74, 6) is -0.0663. The summed E-state index contributed by atoms with van der Waals surface area (Å²) in [5, 5.41) is 3.98. The lowest BCUT2D eigenvalue weighted by Gasteiger charge is -2.12. The number of carbonyl (C=O) groups is 1. The summed E-state index contributed by atoms with van der Waals surface area (Å²) in [4.78, 5) is 12.9. The molecule has 20 heavy (non-hydrogen) atoms. The number of fused-ring (bicyclic) bond motifs is 1. The van der Waals surface area contributed by atoms with Gasteiger partial charge in [0.2, 0.25) is 0 Å². The number of anilines is 1. The number of unbranched alkanes of at least 4 members (excludes halogenated alkanes) is 1. The smallest absolute Gasteiger partial charge is 0.263 e. The van der Waals surface area contributed by atoms with Crippen LogP contribution in [0, 0.1) is 0 Å². The number of nitrogens with one attached hydrogen (secondary N) is 1. The number of halogens is 1. The van der Waals surface area contributed by atoms with Gasteiger partial charge in [-0.05, 0) is 25.5 Å². The normalized spacial score (nSPS) is 12.6. The highest BCUT2D eigenvalue weighted by atomic mass is 79.9. The topological polar surface area (TPSA) is 55.1 Å². The van der Waals surface area contributed by atoms with E-state index in [4.69, 9.17) is 5.73 Å². The minimum Gasteiger partial charge on any atom is -0.397 e. The molecule has 3 N–H and O–H groups in total. The molecular weight excluding hydrogens is 336 g/mol. The molecule has 0 spiro atoms. The Hall–Kier alpha value is -1.07. The van der Waals surface area contributed by atoms with Crippen molar-refractivity contribution in [2.45, 2.75) is 39.2 Å². The number of benzene rings is 1. The molecule has 1 aromatic carbocycles. The molecule has 0 radical (unpaired) electrons. The van der Waals surface area contributed by atoms with E-state index in [0.29, 0.717) is 10.6 Å². The number of thiophene rings is 1. The second-order valence-electron chi connectivity index (χ2n) is 5.00. The standard InChI is InChI=1S/C15H19BrN2OS/c1-3-4-5-9(2)18-15(19)14-13(17)11-7-6-10(16)8-12(11)20-14/h6-9H,3-5,17H2,1-2H3,(H,18,19). The number of carbonyl (C=O) groups excluding carboxylic acids is 1. The highest BCUT2D eigenvalue weighted by Gasteiger charge is 2.17. The average molecular weight is 355 g/mol. The number of amides is 1. The maximum Gasteiger partial charge on any atom is 0.263 e. The highest BCUT2D eigenvalue weighted by molar-refractivity contribution is 9.10. The van der Waals surface area contributed by atoms with E-state index in [1.807, 2.05) is 25.1 Å². The van der Waals surface area contributed by atoms with Gasteiger partial charge in [0.15, 0.2) is 0 Å². The molecule has 5 heteroatoms. The molecule has 108 valence electrons. The van der Waals surface area contributed by atoms with Gasteiger partial charge >= 0.3 is 0 Å². The number of rotatable bonds is 5. The van der Waals surface area contributed by atoms with Crippen LogP contribution in [0.2, 0.25) is 0 Å². The zero-order valence-corrected chi connectivity index (χ0v) is 14.1. The van der Waals surface area contributed by atoms with E-state index < -0.39 is 0 Å². The largest absolute Gasteiger partial charge is 0.397 e. The van der Waals surface area contributed by atoms with Crippen molar-refractivity contribution in [1.82, 2.24) is 5.32 Å². The summed E-state index contributed by atoms with van der Waals surface area (Å²) in [6.07, 6.45) is 3.26. The summed E-state index contributed by atoms with van der Waals surface area (Å²) in [6.45, 7) is 4.18. The second kappa shape index (κ2) is 6.59. The average Bonchev–Trinajstić information content (AvgIpc) is 2.73.